The molecule has 21 heavy (non-hydrogen) atoms. The fourth-order valence-electron chi connectivity index (χ4n) is 2.13. The van der Waals surface area contributed by atoms with Gasteiger partial charge < -0.3 is 5.32 Å². The molecule has 0 bridgehead atoms. The van der Waals surface area contributed by atoms with Gasteiger partial charge in [-0.3, -0.25) is 4.68 Å². The summed E-state index contributed by atoms with van der Waals surface area (Å²) in [6.45, 7) is 12.8. The van der Waals surface area contributed by atoms with Crippen molar-refractivity contribution in [1.29, 1.82) is 0 Å². The Bertz CT molecular complexity index is 593. The van der Waals surface area contributed by atoms with Crippen LogP contribution in [0.5, 0.6) is 0 Å². The Morgan fingerprint density at radius 2 is 2.05 bits per heavy atom. The second-order valence-corrected chi connectivity index (χ2v) is 7.46. The first-order chi connectivity index (χ1) is 9.81. The summed E-state index contributed by atoms with van der Waals surface area (Å²) in [5.74, 6) is 0. The van der Waals surface area contributed by atoms with Gasteiger partial charge in [0.1, 0.15) is 5.01 Å². The third-order valence-electron chi connectivity index (χ3n) is 3.36. The van der Waals surface area contributed by atoms with E-state index < -0.39 is 0 Å². The molecule has 1 N–H and O–H groups in total. The van der Waals surface area contributed by atoms with E-state index in [0.717, 1.165) is 28.7 Å². The zero-order chi connectivity index (χ0) is 15.6. The summed E-state index contributed by atoms with van der Waals surface area (Å²) in [5.41, 5.74) is 2.26. The summed E-state index contributed by atoms with van der Waals surface area (Å²) >= 11 is 1.64. The van der Waals surface area contributed by atoms with Crippen molar-refractivity contribution < 1.29 is 0 Å². The van der Waals surface area contributed by atoms with Crippen LogP contribution in [0.4, 0.5) is 5.13 Å². The number of nitrogens with zero attached hydrogens (tertiary/aromatic N) is 4. The molecular formula is C15H25N5S. The highest BCUT2D eigenvalue weighted by Gasteiger charge is 2.19. The molecular weight excluding hydrogens is 282 g/mol. The van der Waals surface area contributed by atoms with Gasteiger partial charge in [-0.2, -0.15) is 5.10 Å². The molecule has 0 spiro atoms. The third-order valence-corrected chi connectivity index (χ3v) is 4.28. The van der Waals surface area contributed by atoms with Gasteiger partial charge in [0.2, 0.25) is 5.13 Å². The number of aryl methyl sites for hydroxylation is 2. The minimum absolute atomic E-state index is 0.000235. The number of aromatic nitrogens is 4. The van der Waals surface area contributed by atoms with Gasteiger partial charge in [0.05, 0.1) is 17.3 Å². The fourth-order valence-corrected chi connectivity index (χ4v) is 3.06. The summed E-state index contributed by atoms with van der Waals surface area (Å²) in [7, 11) is 0. The lowest BCUT2D eigenvalue weighted by atomic mass is 10.1. The van der Waals surface area contributed by atoms with Crippen molar-refractivity contribution in [2.75, 3.05) is 5.32 Å². The van der Waals surface area contributed by atoms with Crippen LogP contribution in [0.1, 0.15) is 63.3 Å². The fraction of sp³-hybridized carbons (Fsp3) is 0.667. The number of nitrogens with one attached hydrogen (secondary N) is 1. The molecule has 0 saturated heterocycles. The Kier molecular flexibility index (Phi) is 4.66. The van der Waals surface area contributed by atoms with Crippen molar-refractivity contribution in [2.45, 2.75) is 66.0 Å². The van der Waals surface area contributed by atoms with E-state index in [4.69, 9.17) is 0 Å². The molecule has 0 amide bonds. The maximum atomic E-state index is 4.62. The lowest BCUT2D eigenvalue weighted by Gasteiger charge is -2.19. The highest BCUT2D eigenvalue weighted by Crippen LogP contribution is 2.26. The Balaban J connectivity index is 2.12. The highest BCUT2D eigenvalue weighted by molar-refractivity contribution is 7.15. The van der Waals surface area contributed by atoms with E-state index in [1.807, 2.05) is 4.68 Å². The molecule has 6 heteroatoms. The topological polar surface area (TPSA) is 55.6 Å². The Hall–Kier alpha value is -1.43. The molecule has 2 aromatic rings. The van der Waals surface area contributed by atoms with Gasteiger partial charge in [-0.15, -0.1) is 10.2 Å². The molecule has 2 heterocycles. The van der Waals surface area contributed by atoms with E-state index in [1.165, 1.54) is 5.56 Å². The molecule has 0 aliphatic heterocycles. The predicted octanol–water partition coefficient (Wildman–Crippen LogP) is 3.92. The molecule has 116 valence electrons. The van der Waals surface area contributed by atoms with Crippen LogP contribution in [0.3, 0.4) is 0 Å². The Labute approximate surface area is 130 Å². The Morgan fingerprint density at radius 1 is 1.33 bits per heavy atom. The smallest absolute Gasteiger partial charge is 0.206 e. The summed E-state index contributed by atoms with van der Waals surface area (Å²) in [5, 5.41) is 18.5. The van der Waals surface area contributed by atoms with Gasteiger partial charge in [-0.25, -0.2) is 0 Å². The SMILES string of the molecule is CCCc1nnc(NC(C)c2cn(C(C)(C)C)nc2C)s1. The van der Waals surface area contributed by atoms with Crippen molar-refractivity contribution in [2.24, 2.45) is 0 Å². The maximum absolute atomic E-state index is 4.62. The lowest BCUT2D eigenvalue weighted by molar-refractivity contribution is 0.354. The van der Waals surface area contributed by atoms with Gasteiger partial charge in [0, 0.05) is 18.2 Å². The van der Waals surface area contributed by atoms with Crippen LogP contribution in [0.2, 0.25) is 0 Å². The van der Waals surface area contributed by atoms with E-state index in [2.05, 4.69) is 68.4 Å². The van der Waals surface area contributed by atoms with Crippen molar-refractivity contribution in [3.05, 3.63) is 22.5 Å². The first-order valence-electron chi connectivity index (χ1n) is 7.46. The van der Waals surface area contributed by atoms with Crippen molar-refractivity contribution in [1.82, 2.24) is 20.0 Å². The van der Waals surface area contributed by atoms with Crippen LogP contribution < -0.4 is 5.32 Å². The number of hydrogen-bond donors (Lipinski definition) is 1. The van der Waals surface area contributed by atoms with Crippen LogP contribution in [-0.4, -0.2) is 20.0 Å². The lowest BCUT2D eigenvalue weighted by Crippen LogP contribution is -2.22. The second kappa shape index (κ2) is 6.13. The summed E-state index contributed by atoms with van der Waals surface area (Å²) < 4.78 is 2.03. The van der Waals surface area contributed by atoms with Gasteiger partial charge in [0.15, 0.2) is 0 Å². The maximum Gasteiger partial charge on any atom is 0.206 e. The van der Waals surface area contributed by atoms with E-state index in [0.29, 0.717) is 0 Å². The molecule has 0 radical (unpaired) electrons. The van der Waals surface area contributed by atoms with E-state index in [9.17, 15) is 0 Å². The van der Waals surface area contributed by atoms with Crippen LogP contribution in [0, 0.1) is 6.92 Å². The molecule has 2 rings (SSSR count). The average Bonchev–Trinajstić information content (AvgIpc) is 2.96. The molecule has 0 aliphatic carbocycles. The molecule has 1 atom stereocenters. The molecule has 0 fully saturated rings. The van der Waals surface area contributed by atoms with Crippen LogP contribution in [0.25, 0.3) is 0 Å². The zero-order valence-corrected chi connectivity index (χ0v) is 14.6. The molecule has 2 aromatic heterocycles. The number of anilines is 1. The minimum Gasteiger partial charge on any atom is -0.353 e. The average molecular weight is 307 g/mol. The van der Waals surface area contributed by atoms with E-state index in [-0.39, 0.29) is 11.6 Å². The molecule has 1 unspecified atom stereocenters. The van der Waals surface area contributed by atoms with E-state index in [1.54, 1.807) is 11.3 Å². The highest BCUT2D eigenvalue weighted by atomic mass is 32.1. The normalized spacial score (nSPS) is 13.4. The summed E-state index contributed by atoms with van der Waals surface area (Å²) in [6, 6.07) is 0.170. The van der Waals surface area contributed by atoms with Gasteiger partial charge in [-0.05, 0) is 41.0 Å². The number of rotatable bonds is 5. The first kappa shape index (κ1) is 15.9. The van der Waals surface area contributed by atoms with Gasteiger partial charge >= 0.3 is 0 Å². The third kappa shape index (κ3) is 3.81. The molecule has 0 saturated carbocycles. The molecule has 5 nitrogen and oxygen atoms in total. The van der Waals surface area contributed by atoms with E-state index >= 15 is 0 Å². The Morgan fingerprint density at radius 3 is 2.62 bits per heavy atom. The minimum atomic E-state index is -0.000235. The van der Waals surface area contributed by atoms with Crippen LogP contribution >= 0.6 is 11.3 Å². The number of hydrogen-bond acceptors (Lipinski definition) is 5. The summed E-state index contributed by atoms with van der Waals surface area (Å²) in [4.78, 5) is 0. The summed E-state index contributed by atoms with van der Waals surface area (Å²) in [6.07, 6.45) is 4.22. The second-order valence-electron chi connectivity index (χ2n) is 6.40. The molecule has 0 aliphatic rings. The van der Waals surface area contributed by atoms with Crippen molar-refractivity contribution >= 4 is 16.5 Å². The standard InChI is InChI=1S/C15H25N5S/c1-7-8-13-17-18-14(21-13)16-10(2)12-9-20(15(4,5)6)19-11(12)3/h9-10H,7-8H2,1-6H3,(H,16,18). The first-order valence-corrected chi connectivity index (χ1v) is 8.28. The zero-order valence-electron chi connectivity index (χ0n) is 13.8. The monoisotopic (exact) mass is 307 g/mol. The van der Waals surface area contributed by atoms with Crippen LogP contribution in [-0.2, 0) is 12.0 Å². The molecule has 0 aromatic carbocycles. The largest absolute Gasteiger partial charge is 0.353 e. The quantitative estimate of drug-likeness (QED) is 0.909. The van der Waals surface area contributed by atoms with Crippen molar-refractivity contribution in [3.63, 3.8) is 0 Å². The van der Waals surface area contributed by atoms with Gasteiger partial charge in [0.25, 0.3) is 0 Å². The van der Waals surface area contributed by atoms with Gasteiger partial charge in [-0.1, -0.05) is 18.3 Å². The predicted molar refractivity (Wildman–Crippen MR) is 87.9 cm³/mol. The van der Waals surface area contributed by atoms with Crippen molar-refractivity contribution in [3.8, 4) is 0 Å². The van der Waals surface area contributed by atoms with Crippen LogP contribution in [0.15, 0.2) is 6.20 Å².